The number of allylic oxidation sites excluding steroid dienone is 1. The molecule has 0 spiro atoms. The maximum atomic E-state index is 9.94. The number of fused-ring (bicyclic) bond motifs is 1. The number of aliphatic hydroxyl groups is 1. The highest BCUT2D eigenvalue weighted by Gasteiger charge is 2.24. The van der Waals surface area contributed by atoms with Crippen molar-refractivity contribution in [3.8, 4) is 0 Å². The Morgan fingerprint density at radius 3 is 2.83 bits per heavy atom. The Hall–Kier alpha value is -1.08. The van der Waals surface area contributed by atoms with Crippen LogP contribution < -0.4 is 0 Å². The Labute approximate surface area is 72.4 Å². The van der Waals surface area contributed by atoms with Gasteiger partial charge in [0.25, 0.3) is 0 Å². The van der Waals surface area contributed by atoms with Crippen LogP contribution >= 0.6 is 0 Å². The van der Waals surface area contributed by atoms with Crippen molar-refractivity contribution in [2.45, 2.75) is 18.9 Å². The van der Waals surface area contributed by atoms with Gasteiger partial charge in [-0.2, -0.15) is 0 Å². The van der Waals surface area contributed by atoms with Gasteiger partial charge in [0.1, 0.15) is 5.60 Å². The van der Waals surface area contributed by atoms with E-state index in [0.29, 0.717) is 0 Å². The van der Waals surface area contributed by atoms with Gasteiger partial charge in [-0.1, -0.05) is 36.4 Å². The lowest BCUT2D eigenvalue weighted by Crippen LogP contribution is -2.22. The molecule has 0 heterocycles. The molecule has 1 atom stereocenters. The standard InChI is InChI=1S/C11H12O/c1-11(12)8-4-6-9-5-2-3-7-10(9)11/h2-5,7-8,12H,6H2,1H3. The number of hydrogen-bond acceptors (Lipinski definition) is 1. The van der Waals surface area contributed by atoms with Crippen molar-refractivity contribution in [1.82, 2.24) is 0 Å². The topological polar surface area (TPSA) is 20.2 Å². The largest absolute Gasteiger partial charge is 0.381 e. The average molecular weight is 160 g/mol. The third-order valence-corrected chi connectivity index (χ3v) is 2.34. The molecular weight excluding hydrogens is 148 g/mol. The molecule has 1 aromatic rings. The molecule has 1 unspecified atom stereocenters. The minimum absolute atomic E-state index is 0.769. The first-order valence-corrected chi connectivity index (χ1v) is 4.18. The van der Waals surface area contributed by atoms with Crippen molar-refractivity contribution in [2.75, 3.05) is 0 Å². The van der Waals surface area contributed by atoms with Gasteiger partial charge in [0.2, 0.25) is 0 Å². The van der Waals surface area contributed by atoms with E-state index in [0.717, 1.165) is 12.0 Å². The first-order chi connectivity index (χ1) is 5.70. The molecule has 0 radical (unpaired) electrons. The molecule has 0 fully saturated rings. The van der Waals surface area contributed by atoms with Crippen LogP contribution in [0.3, 0.4) is 0 Å². The third-order valence-electron chi connectivity index (χ3n) is 2.34. The normalized spacial score (nSPS) is 26.8. The summed E-state index contributed by atoms with van der Waals surface area (Å²) in [7, 11) is 0. The Balaban J connectivity index is 2.58. The quantitative estimate of drug-likeness (QED) is 0.575. The summed E-state index contributed by atoms with van der Waals surface area (Å²) in [5.41, 5.74) is 1.49. The summed E-state index contributed by atoms with van der Waals surface area (Å²) in [5, 5.41) is 9.94. The zero-order valence-electron chi connectivity index (χ0n) is 7.12. The highest BCUT2D eigenvalue weighted by atomic mass is 16.3. The van der Waals surface area contributed by atoms with Crippen LogP contribution in [0, 0.1) is 0 Å². The summed E-state index contributed by atoms with van der Waals surface area (Å²) in [6, 6.07) is 8.02. The Morgan fingerprint density at radius 1 is 1.33 bits per heavy atom. The van der Waals surface area contributed by atoms with E-state index in [1.807, 2.05) is 37.3 Å². The molecule has 1 aliphatic carbocycles. The molecule has 1 N–H and O–H groups in total. The van der Waals surface area contributed by atoms with Crippen LogP contribution in [-0.4, -0.2) is 5.11 Å². The number of hydrogen-bond donors (Lipinski definition) is 1. The van der Waals surface area contributed by atoms with Gasteiger partial charge in [-0.3, -0.25) is 0 Å². The Kier molecular flexibility index (Phi) is 1.55. The minimum atomic E-state index is -0.769. The van der Waals surface area contributed by atoms with Gasteiger partial charge in [-0.25, -0.2) is 0 Å². The second-order valence-corrected chi connectivity index (χ2v) is 3.41. The zero-order chi connectivity index (χ0) is 8.60. The van der Waals surface area contributed by atoms with E-state index in [-0.39, 0.29) is 0 Å². The Morgan fingerprint density at radius 2 is 2.08 bits per heavy atom. The van der Waals surface area contributed by atoms with E-state index < -0.39 is 5.60 Å². The van der Waals surface area contributed by atoms with Gasteiger partial charge in [-0.15, -0.1) is 0 Å². The summed E-state index contributed by atoms with van der Waals surface area (Å²) < 4.78 is 0. The monoisotopic (exact) mass is 160 g/mol. The molecule has 1 heteroatoms. The predicted octanol–water partition coefficient (Wildman–Crippen LogP) is 2.01. The van der Waals surface area contributed by atoms with Crippen LogP contribution in [0.25, 0.3) is 0 Å². The second kappa shape index (κ2) is 2.46. The van der Waals surface area contributed by atoms with E-state index in [1.54, 1.807) is 0 Å². The van der Waals surface area contributed by atoms with Crippen molar-refractivity contribution in [1.29, 1.82) is 0 Å². The highest BCUT2D eigenvalue weighted by Crippen LogP contribution is 2.29. The van der Waals surface area contributed by atoms with Gasteiger partial charge in [0.05, 0.1) is 0 Å². The fraction of sp³-hybridized carbons (Fsp3) is 0.273. The maximum absolute atomic E-state index is 9.94. The van der Waals surface area contributed by atoms with Gasteiger partial charge in [0.15, 0.2) is 0 Å². The molecule has 1 nitrogen and oxygen atoms in total. The zero-order valence-corrected chi connectivity index (χ0v) is 7.12. The van der Waals surface area contributed by atoms with Crippen molar-refractivity contribution in [2.24, 2.45) is 0 Å². The molecule has 1 aliphatic rings. The van der Waals surface area contributed by atoms with E-state index in [4.69, 9.17) is 0 Å². The molecule has 0 saturated carbocycles. The molecule has 0 amide bonds. The van der Waals surface area contributed by atoms with Crippen LogP contribution in [0.1, 0.15) is 18.1 Å². The molecule has 0 saturated heterocycles. The molecule has 0 bridgehead atoms. The van der Waals surface area contributed by atoms with Gasteiger partial charge in [-0.05, 0) is 24.5 Å². The minimum Gasteiger partial charge on any atom is -0.381 e. The second-order valence-electron chi connectivity index (χ2n) is 3.41. The van der Waals surface area contributed by atoms with Gasteiger partial charge >= 0.3 is 0 Å². The van der Waals surface area contributed by atoms with Crippen molar-refractivity contribution < 1.29 is 5.11 Å². The lowest BCUT2D eigenvalue weighted by Gasteiger charge is -2.25. The smallest absolute Gasteiger partial charge is 0.105 e. The van der Waals surface area contributed by atoms with Gasteiger partial charge in [0, 0.05) is 0 Å². The molecule has 62 valence electrons. The van der Waals surface area contributed by atoms with E-state index in [2.05, 4.69) is 6.07 Å². The van der Waals surface area contributed by atoms with Crippen LogP contribution in [0.4, 0.5) is 0 Å². The van der Waals surface area contributed by atoms with Crippen molar-refractivity contribution in [3.05, 3.63) is 47.5 Å². The Bertz CT molecular complexity index is 324. The van der Waals surface area contributed by atoms with Crippen molar-refractivity contribution >= 4 is 0 Å². The average Bonchev–Trinajstić information content (AvgIpc) is 2.04. The van der Waals surface area contributed by atoms with E-state index >= 15 is 0 Å². The van der Waals surface area contributed by atoms with Crippen LogP contribution in [0.5, 0.6) is 0 Å². The van der Waals surface area contributed by atoms with Crippen LogP contribution in [0.15, 0.2) is 36.4 Å². The number of rotatable bonds is 0. The summed E-state index contributed by atoms with van der Waals surface area (Å²) in [4.78, 5) is 0. The molecule has 12 heavy (non-hydrogen) atoms. The first kappa shape index (κ1) is 7.56. The number of benzene rings is 1. The summed E-state index contributed by atoms with van der Waals surface area (Å²) in [6.07, 6.45) is 4.81. The molecule has 2 rings (SSSR count). The first-order valence-electron chi connectivity index (χ1n) is 4.18. The van der Waals surface area contributed by atoms with Crippen LogP contribution in [0.2, 0.25) is 0 Å². The fourth-order valence-electron chi connectivity index (χ4n) is 1.70. The summed E-state index contributed by atoms with van der Waals surface area (Å²) in [5.74, 6) is 0. The summed E-state index contributed by atoms with van der Waals surface area (Å²) >= 11 is 0. The molecule has 0 aliphatic heterocycles. The van der Waals surface area contributed by atoms with Gasteiger partial charge < -0.3 is 5.11 Å². The molecule has 1 aromatic carbocycles. The highest BCUT2D eigenvalue weighted by molar-refractivity contribution is 5.39. The lowest BCUT2D eigenvalue weighted by molar-refractivity contribution is 0.108. The molecule has 0 aromatic heterocycles. The predicted molar refractivity (Wildman–Crippen MR) is 48.9 cm³/mol. The SMILES string of the molecule is CC1(O)C=CCc2ccccc21. The van der Waals surface area contributed by atoms with Crippen molar-refractivity contribution in [3.63, 3.8) is 0 Å². The summed E-state index contributed by atoms with van der Waals surface area (Å²) in [6.45, 7) is 1.82. The third kappa shape index (κ3) is 1.07. The maximum Gasteiger partial charge on any atom is 0.105 e. The molecular formula is C11H12O. The van der Waals surface area contributed by atoms with Crippen LogP contribution in [-0.2, 0) is 12.0 Å². The fourth-order valence-corrected chi connectivity index (χ4v) is 1.70. The van der Waals surface area contributed by atoms with E-state index in [9.17, 15) is 5.11 Å². The van der Waals surface area contributed by atoms with E-state index in [1.165, 1.54) is 5.56 Å². The lowest BCUT2D eigenvalue weighted by atomic mass is 9.86.